The van der Waals surface area contributed by atoms with Crippen LogP contribution in [0.1, 0.15) is 29.7 Å². The van der Waals surface area contributed by atoms with Crippen molar-refractivity contribution in [1.29, 1.82) is 0 Å². The molecule has 4 rings (SSSR count). The molecule has 28 heavy (non-hydrogen) atoms. The molecule has 0 saturated carbocycles. The minimum atomic E-state index is -0.482. The molecule has 1 N–H and O–H groups in total. The van der Waals surface area contributed by atoms with Crippen molar-refractivity contribution in [2.45, 2.75) is 37.5 Å². The number of aliphatic imine (C=N–C) groups is 1. The summed E-state index contributed by atoms with van der Waals surface area (Å²) in [7, 11) is 3.31. The topological polar surface area (TPSA) is 92.5 Å². The van der Waals surface area contributed by atoms with Gasteiger partial charge in [-0.2, -0.15) is 15.0 Å². The summed E-state index contributed by atoms with van der Waals surface area (Å²) in [6.07, 6.45) is 5.13. The van der Waals surface area contributed by atoms with Crippen molar-refractivity contribution < 1.29 is 9.59 Å². The van der Waals surface area contributed by atoms with Crippen LogP contribution in [0.3, 0.4) is 0 Å². The van der Waals surface area contributed by atoms with Crippen molar-refractivity contribution in [2.75, 3.05) is 7.05 Å². The normalized spacial score (nSPS) is 20.1. The number of carbonyl (C=O) groups is 2. The van der Waals surface area contributed by atoms with Gasteiger partial charge in [-0.15, -0.1) is 0 Å². The first-order valence-corrected chi connectivity index (χ1v) is 10.2. The highest BCUT2D eigenvalue weighted by atomic mass is 32.2. The Morgan fingerprint density at radius 2 is 2.18 bits per heavy atom. The zero-order chi connectivity index (χ0) is 19.7. The third-order valence-corrected chi connectivity index (χ3v) is 6.12. The van der Waals surface area contributed by atoms with Crippen LogP contribution in [0.4, 0.5) is 5.69 Å². The fraction of sp³-hybridized carbons (Fsp3) is 0.421. The minimum Gasteiger partial charge on any atom is -0.359 e. The lowest BCUT2D eigenvalue weighted by molar-refractivity contribution is -0.129. The van der Waals surface area contributed by atoms with Crippen LogP contribution in [0.2, 0.25) is 0 Å². The first-order valence-electron chi connectivity index (χ1n) is 9.28. The molecule has 0 bridgehead atoms. The number of nitrogens with zero attached hydrogens (tertiary/aromatic N) is 5. The maximum Gasteiger partial charge on any atom is 0.243 e. The van der Waals surface area contributed by atoms with Crippen LogP contribution in [0.25, 0.3) is 0 Å². The van der Waals surface area contributed by atoms with Gasteiger partial charge in [-0.05, 0) is 42.5 Å². The molecule has 2 heterocycles. The summed E-state index contributed by atoms with van der Waals surface area (Å²) in [6, 6.07) is 6.22. The predicted octanol–water partition coefficient (Wildman–Crippen LogP) is 1.57. The van der Waals surface area contributed by atoms with Crippen LogP contribution in [0.15, 0.2) is 29.4 Å². The zero-order valence-electron chi connectivity index (χ0n) is 15.9. The van der Waals surface area contributed by atoms with Crippen LogP contribution in [0.5, 0.6) is 0 Å². The Morgan fingerprint density at radius 3 is 2.93 bits per heavy atom. The molecule has 1 aromatic heterocycles. The van der Waals surface area contributed by atoms with E-state index in [0.717, 1.165) is 18.5 Å². The van der Waals surface area contributed by atoms with E-state index < -0.39 is 5.25 Å². The Labute approximate surface area is 167 Å². The lowest BCUT2D eigenvalue weighted by Crippen LogP contribution is -2.33. The molecule has 2 aromatic rings. The van der Waals surface area contributed by atoms with Crippen LogP contribution >= 0.6 is 11.8 Å². The molecule has 1 aromatic carbocycles. The molecule has 2 amide bonds. The summed E-state index contributed by atoms with van der Waals surface area (Å²) in [6.45, 7) is 0.285. The van der Waals surface area contributed by atoms with E-state index in [4.69, 9.17) is 4.99 Å². The Bertz CT molecular complexity index is 954. The van der Waals surface area contributed by atoms with Crippen LogP contribution in [0, 0.1) is 0 Å². The van der Waals surface area contributed by atoms with Gasteiger partial charge in [0.2, 0.25) is 11.8 Å². The van der Waals surface area contributed by atoms with Crippen LogP contribution in [-0.4, -0.2) is 49.2 Å². The molecular weight excluding hydrogens is 376 g/mol. The molecule has 1 unspecified atom stereocenters. The lowest BCUT2D eigenvalue weighted by Gasteiger charge is -2.15. The van der Waals surface area contributed by atoms with Gasteiger partial charge >= 0.3 is 0 Å². The van der Waals surface area contributed by atoms with Gasteiger partial charge in [0, 0.05) is 20.5 Å². The van der Waals surface area contributed by atoms with Crippen molar-refractivity contribution in [1.82, 2.24) is 25.2 Å². The summed E-state index contributed by atoms with van der Waals surface area (Å²) >= 11 is 1.34. The predicted molar refractivity (Wildman–Crippen MR) is 107 cm³/mol. The van der Waals surface area contributed by atoms with E-state index in [1.807, 2.05) is 6.07 Å². The number of amidine groups is 1. The SMILES string of the molecule is CNC(=O)CC1SC(=Nc2ccc3c(c2)CCC3)N(Cc2cnn(C)n2)C1=O. The third-order valence-electron chi connectivity index (χ3n) is 4.94. The second kappa shape index (κ2) is 7.75. The van der Waals surface area contributed by atoms with Gasteiger partial charge in [0.25, 0.3) is 0 Å². The smallest absolute Gasteiger partial charge is 0.243 e. The molecule has 9 heteroatoms. The summed E-state index contributed by atoms with van der Waals surface area (Å²) in [5, 5.41) is 11.0. The maximum absolute atomic E-state index is 12.9. The standard InChI is InChI=1S/C19H22N6O2S/c1-20-17(26)9-16-18(27)25(11-15-10-21-24(2)23-15)19(28-16)22-14-7-6-12-4-3-5-13(12)8-14/h6-8,10,16H,3-5,9,11H2,1-2H3,(H,20,26). The van der Waals surface area contributed by atoms with E-state index in [9.17, 15) is 9.59 Å². The number of carbonyl (C=O) groups excluding carboxylic acids is 2. The van der Waals surface area contributed by atoms with Crippen molar-refractivity contribution in [2.24, 2.45) is 12.0 Å². The van der Waals surface area contributed by atoms with E-state index in [1.165, 1.54) is 34.1 Å². The number of aryl methyl sites for hydroxylation is 3. The van der Waals surface area contributed by atoms with Crippen molar-refractivity contribution in [3.63, 3.8) is 0 Å². The largest absolute Gasteiger partial charge is 0.359 e. The maximum atomic E-state index is 12.9. The highest BCUT2D eigenvalue weighted by Crippen LogP contribution is 2.34. The number of nitrogens with one attached hydrogen (secondary N) is 1. The molecule has 146 valence electrons. The highest BCUT2D eigenvalue weighted by Gasteiger charge is 2.39. The Kier molecular flexibility index (Phi) is 5.17. The second-order valence-corrected chi connectivity index (χ2v) is 8.10. The molecule has 1 aliphatic heterocycles. The van der Waals surface area contributed by atoms with Crippen molar-refractivity contribution in [3.8, 4) is 0 Å². The number of hydrogen-bond acceptors (Lipinski definition) is 6. The monoisotopic (exact) mass is 398 g/mol. The van der Waals surface area contributed by atoms with E-state index in [0.29, 0.717) is 10.9 Å². The van der Waals surface area contributed by atoms with Gasteiger partial charge in [0.15, 0.2) is 5.17 Å². The van der Waals surface area contributed by atoms with Gasteiger partial charge in [-0.3, -0.25) is 14.5 Å². The second-order valence-electron chi connectivity index (χ2n) is 6.93. The van der Waals surface area contributed by atoms with Gasteiger partial charge in [0.05, 0.1) is 18.4 Å². The van der Waals surface area contributed by atoms with Gasteiger partial charge < -0.3 is 5.32 Å². The Hall–Kier alpha value is -2.68. The molecule has 2 aliphatic rings. The summed E-state index contributed by atoms with van der Waals surface area (Å²) in [5.74, 6) is -0.289. The first kappa shape index (κ1) is 18.7. The summed E-state index contributed by atoms with van der Waals surface area (Å²) in [5.41, 5.74) is 4.23. The Morgan fingerprint density at radius 1 is 1.36 bits per heavy atom. The van der Waals surface area contributed by atoms with Crippen LogP contribution in [-0.2, 0) is 36.0 Å². The van der Waals surface area contributed by atoms with Crippen molar-refractivity contribution >= 4 is 34.4 Å². The zero-order valence-corrected chi connectivity index (χ0v) is 16.7. The molecule has 0 radical (unpaired) electrons. The van der Waals surface area contributed by atoms with E-state index in [2.05, 4.69) is 27.6 Å². The fourth-order valence-electron chi connectivity index (χ4n) is 3.50. The van der Waals surface area contributed by atoms with E-state index >= 15 is 0 Å². The number of benzene rings is 1. The number of fused-ring (bicyclic) bond motifs is 1. The molecule has 1 saturated heterocycles. The number of hydrogen-bond donors (Lipinski definition) is 1. The highest BCUT2D eigenvalue weighted by molar-refractivity contribution is 8.15. The molecule has 0 spiro atoms. The van der Waals surface area contributed by atoms with Gasteiger partial charge in [-0.1, -0.05) is 17.8 Å². The van der Waals surface area contributed by atoms with Gasteiger partial charge in [0.1, 0.15) is 10.9 Å². The number of thioether (sulfide) groups is 1. The number of rotatable bonds is 5. The third kappa shape index (κ3) is 3.80. The lowest BCUT2D eigenvalue weighted by atomic mass is 10.1. The quantitative estimate of drug-likeness (QED) is 0.825. The van der Waals surface area contributed by atoms with E-state index in [-0.39, 0.29) is 24.8 Å². The average molecular weight is 398 g/mol. The van der Waals surface area contributed by atoms with Gasteiger partial charge in [-0.25, -0.2) is 4.99 Å². The number of amides is 2. The molecular formula is C19H22N6O2S. The molecule has 1 fully saturated rings. The fourth-order valence-corrected chi connectivity index (χ4v) is 4.66. The summed E-state index contributed by atoms with van der Waals surface area (Å²) < 4.78 is 0. The first-order chi connectivity index (χ1) is 13.5. The number of aromatic nitrogens is 3. The minimum absolute atomic E-state index is 0.125. The average Bonchev–Trinajstić information content (AvgIpc) is 3.38. The Balaban J connectivity index is 1.63. The van der Waals surface area contributed by atoms with Crippen LogP contribution < -0.4 is 5.32 Å². The van der Waals surface area contributed by atoms with E-state index in [1.54, 1.807) is 25.2 Å². The summed E-state index contributed by atoms with van der Waals surface area (Å²) in [4.78, 5) is 32.6. The molecule has 1 atom stereocenters. The molecule has 1 aliphatic carbocycles. The van der Waals surface area contributed by atoms with Crippen molar-refractivity contribution in [3.05, 3.63) is 41.2 Å². The molecule has 8 nitrogen and oxygen atoms in total.